The van der Waals surface area contributed by atoms with E-state index in [-0.39, 0.29) is 42.0 Å². The first-order valence-electron chi connectivity index (χ1n) is 11.1. The second-order valence-corrected chi connectivity index (χ2v) is 10.1. The van der Waals surface area contributed by atoms with E-state index < -0.39 is 25.6 Å². The van der Waals surface area contributed by atoms with Crippen molar-refractivity contribution in [3.05, 3.63) is 30.3 Å². The van der Waals surface area contributed by atoms with E-state index in [1.54, 1.807) is 18.2 Å². The maximum absolute atomic E-state index is 12.9. The number of fused-ring (bicyclic) bond motifs is 2. The minimum Gasteiger partial charge on any atom is -0.469 e. The van der Waals surface area contributed by atoms with Crippen LogP contribution in [-0.2, 0) is 28.2 Å². The highest BCUT2D eigenvalue weighted by atomic mass is 31.2. The molecule has 5 atom stereocenters. The van der Waals surface area contributed by atoms with Crippen molar-refractivity contribution in [2.24, 2.45) is 5.92 Å². The summed E-state index contributed by atoms with van der Waals surface area (Å²) in [4.78, 5) is 48.7. The predicted octanol–water partition coefficient (Wildman–Crippen LogP) is 0.551. The van der Waals surface area contributed by atoms with E-state index in [0.29, 0.717) is 19.5 Å². The van der Waals surface area contributed by atoms with Crippen LogP contribution in [0.15, 0.2) is 30.3 Å². The van der Waals surface area contributed by atoms with Crippen molar-refractivity contribution >= 4 is 30.7 Å². The summed E-state index contributed by atoms with van der Waals surface area (Å²) >= 11 is 0. The highest BCUT2D eigenvalue weighted by molar-refractivity contribution is 7.61. The third-order valence-electron chi connectivity index (χ3n) is 6.39. The van der Waals surface area contributed by atoms with Crippen LogP contribution in [0, 0.1) is 5.92 Å². The van der Waals surface area contributed by atoms with Gasteiger partial charge in [0.1, 0.15) is 0 Å². The molecule has 3 rings (SSSR count). The molecule has 1 aromatic rings. The number of nitrogens with one attached hydrogen (secondary N) is 2. The first-order chi connectivity index (χ1) is 15.8. The molecule has 2 aliphatic heterocycles. The number of esters is 1. The number of ether oxygens (including phenoxy) is 1. The van der Waals surface area contributed by atoms with E-state index in [9.17, 15) is 23.8 Å². The molecule has 0 radical (unpaired) electrons. The van der Waals surface area contributed by atoms with Gasteiger partial charge in [0.2, 0.25) is 11.8 Å². The number of nitrogens with zero attached hydrogens (tertiary/aromatic N) is 1. The molecular formula is C22H32N3O7P. The van der Waals surface area contributed by atoms with Crippen LogP contribution in [0.2, 0.25) is 0 Å². The molecule has 0 aliphatic carbocycles. The van der Waals surface area contributed by atoms with Crippen molar-refractivity contribution in [3.63, 3.8) is 0 Å². The van der Waals surface area contributed by atoms with E-state index in [1.807, 2.05) is 0 Å². The third-order valence-corrected chi connectivity index (χ3v) is 7.90. The molecule has 2 bridgehead atoms. The van der Waals surface area contributed by atoms with Crippen molar-refractivity contribution in [2.75, 3.05) is 27.2 Å². The summed E-state index contributed by atoms with van der Waals surface area (Å²) in [5.41, 5.74) is 0. The van der Waals surface area contributed by atoms with E-state index in [2.05, 4.69) is 15.5 Å². The van der Waals surface area contributed by atoms with Gasteiger partial charge in [0.05, 0.1) is 24.4 Å². The fourth-order valence-corrected chi connectivity index (χ4v) is 6.05. The van der Waals surface area contributed by atoms with Crippen molar-refractivity contribution in [2.45, 2.75) is 50.3 Å². The average molecular weight is 481 g/mol. The van der Waals surface area contributed by atoms with Crippen LogP contribution in [0.5, 0.6) is 0 Å². The summed E-state index contributed by atoms with van der Waals surface area (Å²) < 4.78 is 23.7. The first kappa shape index (κ1) is 25.4. The van der Waals surface area contributed by atoms with Gasteiger partial charge in [-0.3, -0.25) is 23.8 Å². The molecule has 0 saturated carbocycles. The van der Waals surface area contributed by atoms with Gasteiger partial charge < -0.3 is 24.8 Å². The number of hydrogen-bond acceptors (Lipinski definition) is 7. The molecule has 10 nitrogen and oxygen atoms in total. The Bertz CT molecular complexity index is 897. The van der Waals surface area contributed by atoms with Crippen molar-refractivity contribution < 1.29 is 33.1 Å². The van der Waals surface area contributed by atoms with Gasteiger partial charge in [-0.1, -0.05) is 18.2 Å². The van der Waals surface area contributed by atoms with E-state index in [4.69, 9.17) is 9.26 Å². The van der Waals surface area contributed by atoms with Crippen molar-refractivity contribution in [3.8, 4) is 0 Å². The Hall–Kier alpha value is -2.26. The van der Waals surface area contributed by atoms with E-state index >= 15 is 0 Å². The number of piperidine rings is 1. The summed E-state index contributed by atoms with van der Waals surface area (Å²) in [5.74, 6) is -1.58. The summed E-state index contributed by atoms with van der Waals surface area (Å²) in [6.07, 6.45) is 1.46. The fraction of sp³-hybridized carbons (Fsp3) is 0.591. The summed E-state index contributed by atoms with van der Waals surface area (Å²) in [7, 11) is -1.29. The average Bonchev–Trinajstić information content (AvgIpc) is 3.09. The molecular weight excluding hydrogens is 449 g/mol. The second kappa shape index (κ2) is 11.2. The smallest absolute Gasteiger partial charge is 0.359 e. The number of benzene rings is 1. The largest absolute Gasteiger partial charge is 0.469 e. The topological polar surface area (TPSA) is 134 Å². The minimum absolute atomic E-state index is 0.0689. The predicted molar refractivity (Wildman–Crippen MR) is 121 cm³/mol. The maximum atomic E-state index is 12.9. The Morgan fingerprint density at radius 3 is 2.52 bits per heavy atom. The van der Waals surface area contributed by atoms with Crippen LogP contribution in [0.4, 0.5) is 0 Å². The van der Waals surface area contributed by atoms with Gasteiger partial charge in [-0.05, 0) is 31.4 Å². The van der Waals surface area contributed by atoms with Crippen LogP contribution >= 0.6 is 7.60 Å². The molecule has 3 unspecified atom stereocenters. The molecule has 2 fully saturated rings. The molecule has 11 heteroatoms. The molecule has 2 saturated heterocycles. The van der Waals surface area contributed by atoms with Gasteiger partial charge in [0.25, 0.3) is 0 Å². The van der Waals surface area contributed by atoms with E-state index in [1.165, 1.54) is 26.3 Å². The zero-order valence-electron chi connectivity index (χ0n) is 18.9. The van der Waals surface area contributed by atoms with Crippen LogP contribution in [0.3, 0.4) is 0 Å². The van der Waals surface area contributed by atoms with Gasteiger partial charge in [0.15, 0.2) is 0 Å². The lowest BCUT2D eigenvalue weighted by molar-refractivity contribution is -0.155. The Labute approximate surface area is 193 Å². The van der Waals surface area contributed by atoms with Crippen LogP contribution < -0.4 is 15.9 Å². The van der Waals surface area contributed by atoms with E-state index in [0.717, 1.165) is 12.8 Å². The molecule has 33 heavy (non-hydrogen) atoms. The zero-order chi connectivity index (χ0) is 24.0. The van der Waals surface area contributed by atoms with Gasteiger partial charge in [-0.25, -0.2) is 0 Å². The number of rotatable bonds is 10. The molecule has 0 spiro atoms. The summed E-state index contributed by atoms with van der Waals surface area (Å²) in [5, 5.41) is 5.48. The maximum Gasteiger partial charge on any atom is 0.359 e. The zero-order valence-corrected chi connectivity index (χ0v) is 19.8. The second-order valence-electron chi connectivity index (χ2n) is 8.34. The fourth-order valence-electron chi connectivity index (χ4n) is 4.79. The van der Waals surface area contributed by atoms with Gasteiger partial charge >= 0.3 is 13.6 Å². The number of methoxy groups -OCH3 is 1. The Balaban J connectivity index is 1.64. The van der Waals surface area contributed by atoms with Crippen LogP contribution in [0.1, 0.15) is 32.1 Å². The normalized spacial score (nSPS) is 26.3. The molecule has 1 aromatic carbocycles. The van der Waals surface area contributed by atoms with Gasteiger partial charge in [-0.2, -0.15) is 0 Å². The molecule has 0 aromatic heterocycles. The Morgan fingerprint density at radius 1 is 1.15 bits per heavy atom. The first-order valence-corrected chi connectivity index (χ1v) is 12.7. The van der Waals surface area contributed by atoms with Gasteiger partial charge in [-0.15, -0.1) is 0 Å². The standard InChI is InChI=1S/C22H32N3O7P/c1-23-19(26)10-11-20(27)24-12-13-25-15-8-9-17(25)21(22(28)31-2)18(14-15)32-33(29,30)16-6-4-3-5-7-16/h3-7,15,17-18,21H,8-14H2,1-2H3,(H,23,26)(H,24,27)(H,29,30)/t15?,17?,18-,21+/m0/s1. The number of carbonyl (C=O) groups excluding carboxylic acids is 3. The third kappa shape index (κ3) is 6.20. The molecule has 3 N–H and O–H groups in total. The molecule has 182 valence electrons. The lowest BCUT2D eigenvalue weighted by Gasteiger charge is -2.43. The Morgan fingerprint density at radius 2 is 1.85 bits per heavy atom. The van der Waals surface area contributed by atoms with Crippen LogP contribution in [0.25, 0.3) is 0 Å². The lowest BCUT2D eigenvalue weighted by Crippen LogP contribution is -2.56. The van der Waals surface area contributed by atoms with Crippen molar-refractivity contribution in [1.82, 2.24) is 15.5 Å². The summed E-state index contributed by atoms with van der Waals surface area (Å²) in [6, 6.07) is 7.99. The number of amides is 2. The Kier molecular flexibility index (Phi) is 8.64. The van der Waals surface area contributed by atoms with Gasteiger partial charge in [0, 0.05) is 45.1 Å². The highest BCUT2D eigenvalue weighted by Crippen LogP contribution is 2.49. The quantitative estimate of drug-likeness (QED) is 0.326. The highest BCUT2D eigenvalue weighted by Gasteiger charge is 2.52. The van der Waals surface area contributed by atoms with Crippen molar-refractivity contribution in [1.29, 1.82) is 0 Å². The number of carbonyl (C=O) groups is 3. The number of hydrogen-bond donors (Lipinski definition) is 3. The SMILES string of the molecule is CNC(=O)CCC(=O)NCCN1C2CCC1[C@@H](C(=O)OC)[C@@H](OP(=O)(O)c1ccccc1)C2. The lowest BCUT2D eigenvalue weighted by atomic mass is 9.87. The summed E-state index contributed by atoms with van der Waals surface area (Å²) in [6.45, 7) is 0.901. The molecule has 2 aliphatic rings. The molecule has 2 amide bonds. The van der Waals surface area contributed by atoms with Crippen LogP contribution in [-0.4, -0.2) is 73.0 Å². The minimum atomic E-state index is -4.11. The molecule has 2 heterocycles. The monoisotopic (exact) mass is 481 g/mol.